The van der Waals surface area contributed by atoms with E-state index in [0.29, 0.717) is 11.8 Å². The molecule has 1 heterocycles. The number of aliphatic hydroxyl groups is 1. The van der Waals surface area contributed by atoms with E-state index in [1.54, 1.807) is 4.98 Å². The summed E-state index contributed by atoms with van der Waals surface area (Å²) in [5.74, 6) is -1.63. The molecule has 11 heteroatoms. The Morgan fingerprint density at radius 1 is 1.32 bits per heavy atom. The standard InChI is InChI=1S/C14H8Cl3F2NO4S/c15-6-2-1-5(4-21)10(16)11(6)25-7-3-8(14(17,18)19)20-12(22)9(7)13(23)24/h1-3,21H,4H2,(H,20,22)(H,23,24). The van der Waals surface area contributed by atoms with Gasteiger partial charge in [0, 0.05) is 9.79 Å². The summed E-state index contributed by atoms with van der Waals surface area (Å²) in [7, 11) is 0. The summed E-state index contributed by atoms with van der Waals surface area (Å²) in [5.41, 5.74) is -2.70. The van der Waals surface area contributed by atoms with E-state index in [9.17, 15) is 28.6 Å². The molecule has 5 nitrogen and oxygen atoms in total. The van der Waals surface area contributed by atoms with Crippen LogP contribution in [0.4, 0.5) is 8.78 Å². The number of H-pyrrole nitrogens is 1. The first-order valence-electron chi connectivity index (χ1n) is 6.39. The average Bonchev–Trinajstić information content (AvgIpc) is 2.49. The van der Waals surface area contributed by atoms with Gasteiger partial charge < -0.3 is 15.2 Å². The molecule has 0 atom stereocenters. The smallest absolute Gasteiger partial charge is 0.362 e. The number of aromatic amines is 1. The SMILES string of the molecule is O=C(O)c1c(Sc2c(Cl)ccc(CO)c2Cl)cc(C(F)(F)Cl)[nH]c1=O. The Morgan fingerprint density at radius 3 is 2.48 bits per heavy atom. The van der Waals surface area contributed by atoms with Crippen LogP contribution in [0.2, 0.25) is 10.0 Å². The van der Waals surface area contributed by atoms with Crippen LogP contribution >= 0.6 is 46.6 Å². The minimum absolute atomic E-state index is 0.0100. The number of aromatic carboxylic acids is 1. The van der Waals surface area contributed by atoms with Gasteiger partial charge in [0.05, 0.1) is 16.7 Å². The third kappa shape index (κ3) is 4.27. The van der Waals surface area contributed by atoms with Gasteiger partial charge in [-0.05, 0) is 29.3 Å². The predicted molar refractivity (Wildman–Crippen MR) is 90.3 cm³/mol. The van der Waals surface area contributed by atoms with E-state index in [-0.39, 0.29) is 25.4 Å². The number of pyridine rings is 1. The average molecular weight is 431 g/mol. The van der Waals surface area contributed by atoms with Crippen LogP contribution in [-0.4, -0.2) is 21.2 Å². The van der Waals surface area contributed by atoms with Gasteiger partial charge in [-0.1, -0.05) is 41.0 Å². The molecule has 0 amide bonds. The molecule has 0 unspecified atom stereocenters. The number of benzene rings is 1. The molecule has 0 saturated heterocycles. The molecule has 0 saturated carbocycles. The molecular weight excluding hydrogens is 423 g/mol. The van der Waals surface area contributed by atoms with Gasteiger partial charge in [-0.3, -0.25) is 4.79 Å². The van der Waals surface area contributed by atoms with Crippen molar-refractivity contribution >= 4 is 52.5 Å². The van der Waals surface area contributed by atoms with E-state index in [4.69, 9.17) is 34.8 Å². The van der Waals surface area contributed by atoms with Crippen LogP contribution in [0.3, 0.4) is 0 Å². The molecule has 0 spiro atoms. The zero-order chi connectivity index (χ0) is 18.9. The number of hydrogen-bond donors (Lipinski definition) is 3. The number of hydrogen-bond acceptors (Lipinski definition) is 4. The van der Waals surface area contributed by atoms with Gasteiger partial charge in [0.15, 0.2) is 0 Å². The predicted octanol–water partition coefficient (Wildman–Crippen LogP) is 4.31. The molecule has 0 fully saturated rings. The van der Waals surface area contributed by atoms with Gasteiger partial charge in [0.2, 0.25) is 0 Å². The number of carbonyl (C=O) groups is 1. The molecule has 25 heavy (non-hydrogen) atoms. The van der Waals surface area contributed by atoms with Crippen molar-refractivity contribution in [1.82, 2.24) is 4.98 Å². The lowest BCUT2D eigenvalue weighted by atomic mass is 10.2. The van der Waals surface area contributed by atoms with Crippen molar-refractivity contribution in [3.8, 4) is 0 Å². The van der Waals surface area contributed by atoms with Crippen LogP contribution in [-0.2, 0) is 12.0 Å². The van der Waals surface area contributed by atoms with Crippen LogP contribution in [0.25, 0.3) is 0 Å². The molecule has 0 aliphatic rings. The van der Waals surface area contributed by atoms with Crippen LogP contribution in [0.1, 0.15) is 21.6 Å². The van der Waals surface area contributed by atoms with Crippen LogP contribution < -0.4 is 5.56 Å². The Kier molecular flexibility index (Phi) is 6.01. The number of nitrogens with one attached hydrogen (secondary N) is 1. The fourth-order valence-corrected chi connectivity index (χ4v) is 3.70. The van der Waals surface area contributed by atoms with Crippen molar-refractivity contribution in [2.75, 3.05) is 0 Å². The third-order valence-corrected chi connectivity index (χ3v) is 5.37. The second-order valence-electron chi connectivity index (χ2n) is 4.66. The molecule has 0 radical (unpaired) electrons. The van der Waals surface area contributed by atoms with Crippen LogP contribution in [0, 0.1) is 0 Å². The van der Waals surface area contributed by atoms with Crippen molar-refractivity contribution in [3.05, 3.63) is 55.4 Å². The number of rotatable bonds is 5. The second-order valence-corrected chi connectivity index (χ2v) is 6.98. The summed E-state index contributed by atoms with van der Waals surface area (Å²) in [6.07, 6.45) is 0. The van der Waals surface area contributed by atoms with Gasteiger partial charge in [-0.2, -0.15) is 8.78 Å². The van der Waals surface area contributed by atoms with E-state index < -0.39 is 34.8 Å². The largest absolute Gasteiger partial charge is 0.477 e. The first-order chi connectivity index (χ1) is 11.6. The highest BCUT2D eigenvalue weighted by Gasteiger charge is 2.32. The highest BCUT2D eigenvalue weighted by atomic mass is 35.5. The van der Waals surface area contributed by atoms with E-state index in [1.807, 2.05) is 0 Å². The Hall–Kier alpha value is -1.32. The molecule has 1 aromatic heterocycles. The Labute approximate surface area is 158 Å². The molecule has 134 valence electrons. The molecule has 0 aliphatic heterocycles. The first kappa shape index (κ1) is 20.0. The van der Waals surface area contributed by atoms with Gasteiger partial charge >= 0.3 is 11.4 Å². The first-order valence-corrected chi connectivity index (χ1v) is 8.34. The number of alkyl halides is 3. The summed E-state index contributed by atoms with van der Waals surface area (Å²) < 4.78 is 26.6. The highest BCUT2D eigenvalue weighted by molar-refractivity contribution is 7.99. The third-order valence-electron chi connectivity index (χ3n) is 3.03. The Morgan fingerprint density at radius 2 is 1.96 bits per heavy atom. The minimum Gasteiger partial charge on any atom is -0.477 e. The van der Waals surface area contributed by atoms with Gasteiger partial charge in [-0.15, -0.1) is 0 Å². The fraction of sp³-hybridized carbons (Fsp3) is 0.143. The van der Waals surface area contributed by atoms with Crippen molar-refractivity contribution in [3.63, 3.8) is 0 Å². The quantitative estimate of drug-likeness (QED) is 0.615. The minimum atomic E-state index is -3.91. The lowest BCUT2D eigenvalue weighted by Gasteiger charge is -2.14. The molecule has 0 bridgehead atoms. The molecule has 2 rings (SSSR count). The number of aromatic nitrogens is 1. The van der Waals surface area contributed by atoms with E-state index in [2.05, 4.69) is 0 Å². The van der Waals surface area contributed by atoms with Gasteiger partial charge in [0.1, 0.15) is 11.3 Å². The molecule has 2 aromatic rings. The summed E-state index contributed by atoms with van der Waals surface area (Å²) >= 11 is 17.6. The zero-order valence-corrected chi connectivity index (χ0v) is 15.0. The van der Waals surface area contributed by atoms with E-state index in [0.717, 1.165) is 6.07 Å². The van der Waals surface area contributed by atoms with Crippen LogP contribution in [0.15, 0.2) is 32.8 Å². The van der Waals surface area contributed by atoms with Crippen molar-refractivity contribution in [1.29, 1.82) is 0 Å². The Balaban J connectivity index is 2.69. The van der Waals surface area contributed by atoms with Crippen molar-refractivity contribution in [2.45, 2.75) is 21.8 Å². The normalized spacial score (nSPS) is 11.6. The van der Waals surface area contributed by atoms with Crippen LogP contribution in [0.5, 0.6) is 0 Å². The van der Waals surface area contributed by atoms with Crippen molar-refractivity contribution in [2.24, 2.45) is 0 Å². The topological polar surface area (TPSA) is 90.4 Å². The number of carboxylic acid groups (broad SMARTS) is 1. The van der Waals surface area contributed by atoms with Gasteiger partial charge in [-0.25, -0.2) is 4.79 Å². The lowest BCUT2D eigenvalue weighted by molar-refractivity contribution is 0.0686. The summed E-state index contributed by atoms with van der Waals surface area (Å²) in [4.78, 5) is 24.7. The van der Waals surface area contributed by atoms with E-state index in [1.165, 1.54) is 12.1 Å². The zero-order valence-electron chi connectivity index (χ0n) is 11.9. The fourth-order valence-electron chi connectivity index (χ4n) is 1.87. The number of halogens is 5. The highest BCUT2D eigenvalue weighted by Crippen LogP contribution is 2.42. The molecule has 0 aliphatic carbocycles. The van der Waals surface area contributed by atoms with Crippen molar-refractivity contribution < 1.29 is 23.8 Å². The Bertz CT molecular complexity index is 899. The lowest BCUT2D eigenvalue weighted by Crippen LogP contribution is -2.23. The maximum absolute atomic E-state index is 13.3. The maximum Gasteiger partial charge on any atom is 0.362 e. The molecular formula is C14H8Cl3F2NO4S. The number of aliphatic hydroxyl groups excluding tert-OH is 1. The van der Waals surface area contributed by atoms with E-state index >= 15 is 0 Å². The maximum atomic E-state index is 13.3. The molecule has 3 N–H and O–H groups in total. The summed E-state index contributed by atoms with van der Waals surface area (Å²) in [6, 6.07) is 3.58. The summed E-state index contributed by atoms with van der Waals surface area (Å²) in [6.45, 7) is -0.421. The molecule has 1 aromatic carbocycles. The number of carboxylic acids is 1. The summed E-state index contributed by atoms with van der Waals surface area (Å²) in [5, 5.41) is 14.6. The van der Waals surface area contributed by atoms with Gasteiger partial charge in [0.25, 0.3) is 5.56 Å². The monoisotopic (exact) mass is 429 g/mol. The second kappa shape index (κ2) is 7.51.